The van der Waals surface area contributed by atoms with Crippen molar-refractivity contribution in [2.75, 3.05) is 19.6 Å². The van der Waals surface area contributed by atoms with Gasteiger partial charge in [-0.2, -0.15) is 26.3 Å². The maximum absolute atomic E-state index is 13.4. The van der Waals surface area contributed by atoms with Crippen LogP contribution in [0.25, 0.3) is 10.9 Å². The topological polar surface area (TPSA) is 48.4 Å². The molecule has 0 aliphatic carbocycles. The Bertz CT molecular complexity index is 1170. The molecule has 1 unspecified atom stereocenters. The van der Waals surface area contributed by atoms with Crippen molar-refractivity contribution in [2.45, 2.75) is 44.4 Å². The Kier molecular flexibility index (Phi) is 7.35. The maximum Gasteiger partial charge on any atom is 0.433 e. The molecule has 10 heteroatoms. The van der Waals surface area contributed by atoms with E-state index in [0.29, 0.717) is 18.7 Å². The Morgan fingerprint density at radius 3 is 2.29 bits per heavy atom. The van der Waals surface area contributed by atoms with E-state index in [1.165, 1.54) is 18.9 Å². The number of para-hydroxylation sites is 1. The molecule has 1 atom stereocenters. The summed E-state index contributed by atoms with van der Waals surface area (Å²) in [6, 6.07) is 11.5. The Labute approximate surface area is 198 Å². The van der Waals surface area contributed by atoms with Crippen molar-refractivity contribution in [3.8, 4) is 0 Å². The second-order valence-electron chi connectivity index (χ2n) is 8.74. The molecule has 4 rings (SSSR count). The van der Waals surface area contributed by atoms with E-state index in [4.69, 9.17) is 0 Å². The predicted octanol–water partition coefficient (Wildman–Crippen LogP) is 5.69. The van der Waals surface area contributed by atoms with Crippen LogP contribution >= 0.6 is 0 Å². The van der Waals surface area contributed by atoms with Gasteiger partial charge in [-0.05, 0) is 54.8 Å². The van der Waals surface area contributed by atoms with Gasteiger partial charge in [0.05, 0.1) is 17.2 Å². The van der Waals surface area contributed by atoms with Gasteiger partial charge in [0, 0.05) is 25.0 Å². The van der Waals surface area contributed by atoms with E-state index in [1.54, 1.807) is 0 Å². The van der Waals surface area contributed by atoms with Crippen molar-refractivity contribution in [1.82, 2.24) is 15.2 Å². The van der Waals surface area contributed by atoms with Crippen molar-refractivity contribution in [3.63, 3.8) is 0 Å². The van der Waals surface area contributed by atoms with Gasteiger partial charge in [-0.3, -0.25) is 4.90 Å². The summed E-state index contributed by atoms with van der Waals surface area (Å²) in [6.07, 6.45) is -8.97. The lowest BCUT2D eigenvalue weighted by atomic mass is 9.99. The summed E-state index contributed by atoms with van der Waals surface area (Å²) < 4.78 is 80.5. The van der Waals surface area contributed by atoms with Crippen LogP contribution in [0.1, 0.15) is 46.9 Å². The molecule has 1 saturated heterocycles. The minimum absolute atomic E-state index is 0.150. The number of rotatable bonds is 7. The molecule has 1 aliphatic heterocycles. The third kappa shape index (κ3) is 6.12. The number of pyridine rings is 1. The second-order valence-corrected chi connectivity index (χ2v) is 8.74. The average molecular weight is 497 g/mol. The molecule has 0 saturated carbocycles. The molecule has 0 amide bonds. The molecule has 0 bridgehead atoms. The molecule has 4 nitrogen and oxygen atoms in total. The van der Waals surface area contributed by atoms with Crippen LogP contribution in [0.2, 0.25) is 0 Å². The van der Waals surface area contributed by atoms with Gasteiger partial charge in [0.25, 0.3) is 0 Å². The molecule has 35 heavy (non-hydrogen) atoms. The van der Waals surface area contributed by atoms with Crippen LogP contribution in [0.5, 0.6) is 0 Å². The number of nitrogens with one attached hydrogen (secondary N) is 1. The number of fused-ring (bicyclic) bond motifs is 1. The standard InChI is InChI=1S/C25H25F6N3O/c26-24(27,28)20-8-4-7-18-19(12-22(25(29,30)31)33-23(18)20)21(35)14-32-13-16-5-3-6-17(11-16)15-34-9-1-2-10-34/h3-8,11-12,21,32,35H,1-2,9-10,13-15H2. The Hall–Kier alpha value is -2.69. The molecule has 1 fully saturated rings. The molecule has 0 radical (unpaired) electrons. The number of alkyl halides is 6. The summed E-state index contributed by atoms with van der Waals surface area (Å²) in [4.78, 5) is 5.61. The fourth-order valence-corrected chi connectivity index (χ4v) is 4.42. The van der Waals surface area contributed by atoms with E-state index in [-0.39, 0.29) is 17.5 Å². The van der Waals surface area contributed by atoms with Crippen LogP contribution < -0.4 is 5.32 Å². The fourth-order valence-electron chi connectivity index (χ4n) is 4.42. The lowest BCUT2D eigenvalue weighted by Gasteiger charge is -2.19. The first kappa shape index (κ1) is 25.4. The Morgan fingerprint density at radius 2 is 1.60 bits per heavy atom. The van der Waals surface area contributed by atoms with Crippen molar-refractivity contribution in [1.29, 1.82) is 0 Å². The first-order valence-corrected chi connectivity index (χ1v) is 11.3. The van der Waals surface area contributed by atoms with Crippen LogP contribution in [0.3, 0.4) is 0 Å². The number of aliphatic hydroxyl groups excluding tert-OH is 1. The number of nitrogens with zero attached hydrogens (tertiary/aromatic N) is 2. The summed E-state index contributed by atoms with van der Waals surface area (Å²) in [5.41, 5.74) is -1.78. The summed E-state index contributed by atoms with van der Waals surface area (Å²) in [5.74, 6) is 0. The van der Waals surface area contributed by atoms with Crippen molar-refractivity contribution in [3.05, 3.63) is 76.5 Å². The van der Waals surface area contributed by atoms with E-state index >= 15 is 0 Å². The average Bonchev–Trinajstić information content (AvgIpc) is 3.30. The highest BCUT2D eigenvalue weighted by Crippen LogP contribution is 2.38. The van der Waals surface area contributed by atoms with E-state index in [2.05, 4.69) is 15.2 Å². The number of halogens is 6. The summed E-state index contributed by atoms with van der Waals surface area (Å²) in [6.45, 7) is 3.15. The highest BCUT2D eigenvalue weighted by Gasteiger charge is 2.38. The number of hydrogen-bond donors (Lipinski definition) is 2. The number of aromatic nitrogens is 1. The number of likely N-dealkylation sites (tertiary alicyclic amines) is 1. The van der Waals surface area contributed by atoms with Gasteiger partial charge in [-0.25, -0.2) is 4.98 Å². The molecule has 1 aromatic heterocycles. The molecule has 0 spiro atoms. The van der Waals surface area contributed by atoms with Crippen LogP contribution in [0.15, 0.2) is 48.5 Å². The quantitative estimate of drug-likeness (QED) is 0.412. The zero-order valence-corrected chi connectivity index (χ0v) is 18.8. The third-order valence-corrected chi connectivity index (χ3v) is 6.09. The van der Waals surface area contributed by atoms with Gasteiger partial charge in [-0.1, -0.05) is 36.4 Å². The monoisotopic (exact) mass is 497 g/mol. The lowest BCUT2D eigenvalue weighted by molar-refractivity contribution is -0.142. The number of hydrogen-bond acceptors (Lipinski definition) is 4. The zero-order chi connectivity index (χ0) is 25.2. The molecule has 1 aliphatic rings. The van der Waals surface area contributed by atoms with E-state index in [0.717, 1.165) is 36.8 Å². The summed E-state index contributed by atoms with van der Waals surface area (Å²) in [5, 5.41) is 13.5. The van der Waals surface area contributed by atoms with Gasteiger partial charge < -0.3 is 10.4 Å². The molecule has 2 aromatic carbocycles. The molecule has 3 aromatic rings. The van der Waals surface area contributed by atoms with E-state index < -0.39 is 35.2 Å². The molecule has 2 N–H and O–H groups in total. The molecule has 188 valence electrons. The van der Waals surface area contributed by atoms with Gasteiger partial charge >= 0.3 is 12.4 Å². The second kappa shape index (κ2) is 10.1. The van der Waals surface area contributed by atoms with Crippen molar-refractivity contribution in [2.24, 2.45) is 0 Å². The normalized spacial score (nSPS) is 16.2. The summed E-state index contributed by atoms with van der Waals surface area (Å²) in [7, 11) is 0. The van der Waals surface area contributed by atoms with Gasteiger partial charge in [0.15, 0.2) is 0 Å². The Morgan fingerprint density at radius 1 is 0.914 bits per heavy atom. The Balaban J connectivity index is 1.53. The van der Waals surface area contributed by atoms with Gasteiger partial charge in [0.2, 0.25) is 0 Å². The third-order valence-electron chi connectivity index (χ3n) is 6.09. The van der Waals surface area contributed by atoms with Crippen LogP contribution in [0, 0.1) is 0 Å². The SMILES string of the molecule is OC(CNCc1cccc(CN2CCCC2)c1)c1cc(C(F)(F)F)nc2c(C(F)(F)F)cccc12. The molecular formula is C25H25F6N3O. The van der Waals surface area contributed by atoms with Crippen LogP contribution in [-0.4, -0.2) is 34.6 Å². The largest absolute Gasteiger partial charge is 0.433 e. The molecule has 2 heterocycles. The van der Waals surface area contributed by atoms with E-state index in [1.807, 2.05) is 24.3 Å². The first-order chi connectivity index (χ1) is 16.5. The first-order valence-electron chi connectivity index (χ1n) is 11.3. The minimum Gasteiger partial charge on any atom is -0.387 e. The highest BCUT2D eigenvalue weighted by molar-refractivity contribution is 5.86. The van der Waals surface area contributed by atoms with Crippen LogP contribution in [0.4, 0.5) is 26.3 Å². The maximum atomic E-state index is 13.4. The summed E-state index contributed by atoms with van der Waals surface area (Å²) >= 11 is 0. The van der Waals surface area contributed by atoms with Crippen molar-refractivity contribution < 1.29 is 31.4 Å². The zero-order valence-electron chi connectivity index (χ0n) is 18.8. The smallest absolute Gasteiger partial charge is 0.387 e. The number of benzene rings is 2. The van der Waals surface area contributed by atoms with E-state index in [9.17, 15) is 31.4 Å². The molecular weight excluding hydrogens is 472 g/mol. The highest BCUT2D eigenvalue weighted by atomic mass is 19.4. The van der Waals surface area contributed by atoms with Crippen LogP contribution in [-0.2, 0) is 25.4 Å². The van der Waals surface area contributed by atoms with Crippen molar-refractivity contribution >= 4 is 10.9 Å². The van der Waals surface area contributed by atoms with Gasteiger partial charge in [-0.15, -0.1) is 0 Å². The van der Waals surface area contributed by atoms with Gasteiger partial charge in [0.1, 0.15) is 5.69 Å². The fraction of sp³-hybridized carbons (Fsp3) is 0.400. The number of aliphatic hydroxyl groups is 1. The predicted molar refractivity (Wildman–Crippen MR) is 119 cm³/mol. The lowest BCUT2D eigenvalue weighted by Crippen LogP contribution is -2.22. The minimum atomic E-state index is -4.97.